The highest BCUT2D eigenvalue weighted by atomic mass is 19.4. The average molecular weight is 433 g/mol. The van der Waals surface area contributed by atoms with Crippen molar-refractivity contribution in [2.45, 2.75) is 37.6 Å². The molecule has 1 saturated heterocycles. The van der Waals surface area contributed by atoms with Gasteiger partial charge in [0.2, 0.25) is 0 Å². The average Bonchev–Trinajstić information content (AvgIpc) is 3.09. The lowest BCUT2D eigenvalue weighted by molar-refractivity contribution is -0.150. The van der Waals surface area contributed by atoms with Crippen LogP contribution in [0, 0.1) is 5.92 Å². The Bertz CT molecular complexity index is 821. The van der Waals surface area contributed by atoms with Crippen LogP contribution in [0.3, 0.4) is 0 Å². The van der Waals surface area contributed by atoms with Gasteiger partial charge in [0.25, 0.3) is 0 Å². The molecule has 1 fully saturated rings. The van der Waals surface area contributed by atoms with Crippen LogP contribution in [0.5, 0.6) is 0 Å². The molecule has 4 unspecified atom stereocenters. The summed E-state index contributed by atoms with van der Waals surface area (Å²) in [6, 6.07) is 10.6. The lowest BCUT2D eigenvalue weighted by Gasteiger charge is -2.26. The quantitative estimate of drug-likeness (QED) is 0.632. The molecule has 9 heteroatoms. The summed E-state index contributed by atoms with van der Waals surface area (Å²) < 4.78 is 90.3. The number of rotatable bonds is 5. The molecule has 3 rings (SSSR count). The van der Waals surface area contributed by atoms with E-state index < -0.39 is 35.9 Å². The molecule has 1 aliphatic rings. The van der Waals surface area contributed by atoms with Crippen LogP contribution in [-0.4, -0.2) is 19.4 Å². The van der Waals surface area contributed by atoms with Gasteiger partial charge < -0.3 is 15.2 Å². The highest BCUT2D eigenvalue weighted by Gasteiger charge is 2.41. The molecule has 164 valence electrons. The molecule has 1 aliphatic heterocycles. The summed E-state index contributed by atoms with van der Waals surface area (Å²) in [6.07, 6.45) is -11.8. The molecule has 2 aromatic rings. The van der Waals surface area contributed by atoms with Crippen molar-refractivity contribution in [3.8, 4) is 0 Å². The molecular formula is C21H21F6NO2. The number of halogens is 6. The third-order valence-corrected chi connectivity index (χ3v) is 5.18. The molecule has 1 heterocycles. The van der Waals surface area contributed by atoms with Crippen LogP contribution >= 0.6 is 0 Å². The maximum atomic E-state index is 13.1. The van der Waals surface area contributed by atoms with E-state index in [9.17, 15) is 26.3 Å². The fourth-order valence-electron chi connectivity index (χ4n) is 3.58. The van der Waals surface area contributed by atoms with Gasteiger partial charge in [-0.15, -0.1) is 0 Å². The van der Waals surface area contributed by atoms with E-state index in [2.05, 4.69) is 0 Å². The van der Waals surface area contributed by atoms with E-state index in [4.69, 9.17) is 15.2 Å². The maximum absolute atomic E-state index is 13.1. The number of benzene rings is 2. The highest BCUT2D eigenvalue weighted by Crippen LogP contribution is 2.41. The van der Waals surface area contributed by atoms with E-state index in [0.717, 1.165) is 5.56 Å². The minimum Gasteiger partial charge on any atom is -0.352 e. The second-order valence-electron chi connectivity index (χ2n) is 7.25. The molecule has 2 N–H and O–H groups in total. The SMILES string of the molecule is CC(OC1OCC(CN)C1c1ccccc1)c1cc(C(F)(F)F)cc(C(F)(F)F)c1. The molecule has 0 bridgehead atoms. The normalized spacial score (nSPS) is 23.5. The van der Waals surface area contributed by atoms with Crippen molar-refractivity contribution in [3.05, 3.63) is 70.8 Å². The monoisotopic (exact) mass is 433 g/mol. The summed E-state index contributed by atoms with van der Waals surface area (Å²) in [4.78, 5) is 0. The Morgan fingerprint density at radius 2 is 1.57 bits per heavy atom. The number of hydrogen-bond acceptors (Lipinski definition) is 3. The van der Waals surface area contributed by atoms with E-state index >= 15 is 0 Å². The Morgan fingerprint density at radius 1 is 1.00 bits per heavy atom. The van der Waals surface area contributed by atoms with Gasteiger partial charge in [-0.1, -0.05) is 30.3 Å². The third kappa shape index (κ3) is 4.96. The van der Waals surface area contributed by atoms with Gasteiger partial charge in [0.1, 0.15) is 0 Å². The summed E-state index contributed by atoms with van der Waals surface area (Å²) >= 11 is 0. The van der Waals surface area contributed by atoms with Crippen LogP contribution in [0.4, 0.5) is 26.3 Å². The van der Waals surface area contributed by atoms with E-state index in [1.807, 2.05) is 30.3 Å². The minimum absolute atomic E-state index is 0.0863. The molecule has 30 heavy (non-hydrogen) atoms. The topological polar surface area (TPSA) is 44.5 Å². The Labute approximate surface area is 169 Å². The van der Waals surface area contributed by atoms with Crippen LogP contribution in [-0.2, 0) is 21.8 Å². The zero-order valence-electron chi connectivity index (χ0n) is 16.0. The lowest BCUT2D eigenvalue weighted by Crippen LogP contribution is -2.26. The van der Waals surface area contributed by atoms with E-state index in [-0.39, 0.29) is 30.1 Å². The summed E-state index contributed by atoms with van der Waals surface area (Å²) in [5.74, 6) is -0.372. The van der Waals surface area contributed by atoms with Crippen molar-refractivity contribution >= 4 is 0 Å². The van der Waals surface area contributed by atoms with E-state index in [1.165, 1.54) is 6.92 Å². The largest absolute Gasteiger partial charge is 0.416 e. The molecule has 3 nitrogen and oxygen atoms in total. The van der Waals surface area contributed by atoms with E-state index in [0.29, 0.717) is 18.7 Å². The van der Waals surface area contributed by atoms with Crippen molar-refractivity contribution < 1.29 is 35.8 Å². The van der Waals surface area contributed by atoms with Crippen LogP contribution in [0.15, 0.2) is 48.5 Å². The molecule has 0 aromatic heterocycles. The van der Waals surface area contributed by atoms with Crippen LogP contribution < -0.4 is 5.73 Å². The fourth-order valence-corrected chi connectivity index (χ4v) is 3.58. The van der Waals surface area contributed by atoms with Crippen molar-refractivity contribution in [2.24, 2.45) is 11.7 Å². The van der Waals surface area contributed by atoms with Gasteiger partial charge in [-0.2, -0.15) is 26.3 Å². The zero-order valence-corrected chi connectivity index (χ0v) is 16.0. The van der Waals surface area contributed by atoms with Gasteiger partial charge in [0.15, 0.2) is 6.29 Å². The van der Waals surface area contributed by atoms with Crippen molar-refractivity contribution in [2.75, 3.05) is 13.2 Å². The van der Waals surface area contributed by atoms with Gasteiger partial charge in [-0.05, 0) is 42.8 Å². The van der Waals surface area contributed by atoms with E-state index in [1.54, 1.807) is 0 Å². The number of hydrogen-bond donors (Lipinski definition) is 1. The predicted octanol–water partition coefficient (Wildman–Crippen LogP) is 5.52. The molecule has 0 aliphatic carbocycles. The van der Waals surface area contributed by atoms with Crippen LogP contribution in [0.25, 0.3) is 0 Å². The smallest absolute Gasteiger partial charge is 0.352 e. The molecular weight excluding hydrogens is 412 g/mol. The number of ether oxygens (including phenoxy) is 2. The van der Waals surface area contributed by atoms with Gasteiger partial charge in [0, 0.05) is 11.8 Å². The number of nitrogens with two attached hydrogens (primary N) is 1. The first-order valence-corrected chi connectivity index (χ1v) is 9.32. The second kappa shape index (κ2) is 8.56. The lowest BCUT2D eigenvalue weighted by atomic mass is 9.88. The predicted molar refractivity (Wildman–Crippen MR) is 97.4 cm³/mol. The standard InChI is InChI=1S/C21H21F6NO2/c1-12(14-7-16(20(22,23)24)9-17(8-14)21(25,26)27)30-19-18(15(10-28)11-29-19)13-5-3-2-4-6-13/h2-9,12,15,18-19H,10-11,28H2,1H3. The maximum Gasteiger partial charge on any atom is 0.416 e. The zero-order chi connectivity index (χ0) is 22.1. The minimum atomic E-state index is -4.92. The Balaban J connectivity index is 1.90. The first kappa shape index (κ1) is 22.6. The van der Waals surface area contributed by atoms with Crippen molar-refractivity contribution in [1.29, 1.82) is 0 Å². The van der Waals surface area contributed by atoms with Gasteiger partial charge in [-0.25, -0.2) is 0 Å². The molecule has 0 spiro atoms. The third-order valence-electron chi connectivity index (χ3n) is 5.18. The second-order valence-corrected chi connectivity index (χ2v) is 7.25. The number of alkyl halides is 6. The Kier molecular flexibility index (Phi) is 6.45. The van der Waals surface area contributed by atoms with Crippen LogP contribution in [0.2, 0.25) is 0 Å². The Hall–Kier alpha value is -2.10. The summed E-state index contributed by atoms with van der Waals surface area (Å²) in [5, 5.41) is 0. The van der Waals surface area contributed by atoms with Crippen LogP contribution in [0.1, 0.15) is 41.2 Å². The molecule has 0 saturated carbocycles. The summed E-state index contributed by atoms with van der Waals surface area (Å²) in [6.45, 7) is 1.98. The first-order valence-electron chi connectivity index (χ1n) is 9.32. The van der Waals surface area contributed by atoms with Gasteiger partial charge in [-0.3, -0.25) is 0 Å². The van der Waals surface area contributed by atoms with Gasteiger partial charge in [0.05, 0.1) is 23.8 Å². The molecule has 2 aromatic carbocycles. The van der Waals surface area contributed by atoms with Gasteiger partial charge >= 0.3 is 12.4 Å². The highest BCUT2D eigenvalue weighted by molar-refractivity contribution is 5.34. The summed E-state index contributed by atoms with van der Waals surface area (Å²) in [7, 11) is 0. The van der Waals surface area contributed by atoms with Crippen molar-refractivity contribution in [1.82, 2.24) is 0 Å². The molecule has 0 amide bonds. The van der Waals surface area contributed by atoms with Crippen molar-refractivity contribution in [3.63, 3.8) is 0 Å². The molecule has 4 atom stereocenters. The fraction of sp³-hybridized carbons (Fsp3) is 0.429. The summed E-state index contributed by atoms with van der Waals surface area (Å²) in [5.41, 5.74) is 3.70. The first-order chi connectivity index (χ1) is 14.0. The molecule has 0 radical (unpaired) electrons. The Morgan fingerprint density at radius 3 is 2.07 bits per heavy atom.